The van der Waals surface area contributed by atoms with Gasteiger partial charge in [0.25, 0.3) is 0 Å². The predicted molar refractivity (Wildman–Crippen MR) is 68.7 cm³/mol. The molecule has 2 aromatic rings. The summed E-state index contributed by atoms with van der Waals surface area (Å²) in [5, 5.41) is 8.84. The maximum Gasteiger partial charge on any atom is 0.348 e. The van der Waals surface area contributed by atoms with Crippen molar-refractivity contribution in [2.24, 2.45) is 0 Å². The van der Waals surface area contributed by atoms with Gasteiger partial charge in [-0.15, -0.1) is 11.3 Å². The lowest BCUT2D eigenvalue weighted by Gasteiger charge is -2.02. The van der Waals surface area contributed by atoms with Crippen molar-refractivity contribution in [2.75, 3.05) is 5.73 Å². The van der Waals surface area contributed by atoms with Crippen molar-refractivity contribution < 1.29 is 18.7 Å². The maximum atomic E-state index is 13.7. The van der Waals surface area contributed by atoms with Crippen LogP contribution in [0.2, 0.25) is 0 Å². The Morgan fingerprint density at radius 1 is 1.28 bits per heavy atom. The van der Waals surface area contributed by atoms with Crippen LogP contribution in [0.3, 0.4) is 0 Å². The Morgan fingerprint density at radius 3 is 2.28 bits per heavy atom. The summed E-state index contributed by atoms with van der Waals surface area (Å²) in [7, 11) is 0. The Labute approximate surface area is 113 Å². The first kappa shape index (κ1) is 13.0. The Bertz CT molecular complexity index is 619. The molecule has 0 saturated carbocycles. The van der Waals surface area contributed by atoms with Crippen LogP contribution >= 0.6 is 27.3 Å². The summed E-state index contributed by atoms with van der Waals surface area (Å²) >= 11 is 3.70. The Morgan fingerprint density at radius 2 is 1.83 bits per heavy atom. The molecule has 0 unspecified atom stereocenters. The predicted octanol–water partition coefficient (Wildman–Crippen LogP) is 3.74. The standard InChI is InChI=1S/C11H6BrF2NO2S/c12-4-1-5(13)9(6(14)2-4)8-3-7(15)10(18-8)11(16)17/h1-3H,15H2,(H,16,17). The molecule has 0 radical (unpaired) electrons. The van der Waals surface area contributed by atoms with Gasteiger partial charge in [0.2, 0.25) is 0 Å². The van der Waals surface area contributed by atoms with Gasteiger partial charge in [0.15, 0.2) is 0 Å². The molecule has 0 aliphatic rings. The fourth-order valence-corrected chi connectivity index (χ4v) is 2.84. The summed E-state index contributed by atoms with van der Waals surface area (Å²) in [5.74, 6) is -2.78. The number of nitrogens with two attached hydrogens (primary N) is 1. The first-order chi connectivity index (χ1) is 8.40. The third-order valence-electron chi connectivity index (χ3n) is 2.21. The molecule has 94 valence electrons. The molecule has 0 fully saturated rings. The van der Waals surface area contributed by atoms with Gasteiger partial charge < -0.3 is 10.8 Å². The highest BCUT2D eigenvalue weighted by Crippen LogP contribution is 2.37. The van der Waals surface area contributed by atoms with E-state index in [0.717, 1.165) is 23.5 Å². The molecule has 1 heterocycles. The summed E-state index contributed by atoms with van der Waals surface area (Å²) < 4.78 is 27.6. The second kappa shape index (κ2) is 4.66. The minimum absolute atomic E-state index is 0.00998. The van der Waals surface area contributed by atoms with Crippen LogP contribution in [0, 0.1) is 11.6 Å². The number of carboxylic acid groups (broad SMARTS) is 1. The molecule has 1 aromatic carbocycles. The zero-order valence-electron chi connectivity index (χ0n) is 8.71. The van der Waals surface area contributed by atoms with Crippen LogP contribution in [-0.2, 0) is 0 Å². The van der Waals surface area contributed by atoms with Gasteiger partial charge in [-0.05, 0) is 18.2 Å². The fourth-order valence-electron chi connectivity index (χ4n) is 1.47. The number of rotatable bonds is 2. The molecule has 0 spiro atoms. The molecule has 0 bridgehead atoms. The van der Waals surface area contributed by atoms with Gasteiger partial charge in [0.05, 0.1) is 11.3 Å². The van der Waals surface area contributed by atoms with Crippen LogP contribution in [-0.4, -0.2) is 11.1 Å². The van der Waals surface area contributed by atoms with E-state index >= 15 is 0 Å². The summed E-state index contributed by atoms with van der Waals surface area (Å²) in [6.07, 6.45) is 0. The lowest BCUT2D eigenvalue weighted by atomic mass is 10.1. The lowest BCUT2D eigenvalue weighted by molar-refractivity contribution is 0.0703. The molecule has 0 aliphatic carbocycles. The third kappa shape index (κ3) is 2.23. The zero-order chi connectivity index (χ0) is 13.4. The van der Waals surface area contributed by atoms with Crippen molar-refractivity contribution in [1.29, 1.82) is 0 Å². The van der Waals surface area contributed by atoms with E-state index in [0.29, 0.717) is 0 Å². The number of thiophene rings is 1. The van der Waals surface area contributed by atoms with Crippen LogP contribution in [0.5, 0.6) is 0 Å². The number of anilines is 1. The topological polar surface area (TPSA) is 63.3 Å². The number of carbonyl (C=O) groups is 1. The summed E-state index contributed by atoms with van der Waals surface area (Å²) in [6.45, 7) is 0. The van der Waals surface area contributed by atoms with Crippen LogP contribution in [0.15, 0.2) is 22.7 Å². The van der Waals surface area contributed by atoms with E-state index in [-0.39, 0.29) is 25.5 Å². The van der Waals surface area contributed by atoms with Crippen molar-refractivity contribution in [3.63, 3.8) is 0 Å². The van der Waals surface area contributed by atoms with Gasteiger partial charge in [-0.3, -0.25) is 0 Å². The average Bonchev–Trinajstić information content (AvgIpc) is 2.58. The average molecular weight is 334 g/mol. The smallest absolute Gasteiger partial charge is 0.348 e. The summed E-state index contributed by atoms with van der Waals surface area (Å²) in [5.41, 5.74) is 5.20. The molecule has 0 aliphatic heterocycles. The van der Waals surface area contributed by atoms with Crippen molar-refractivity contribution in [1.82, 2.24) is 0 Å². The Hall–Kier alpha value is -1.47. The van der Waals surface area contributed by atoms with Crippen LogP contribution in [0.1, 0.15) is 9.67 Å². The Balaban J connectivity index is 2.63. The quantitative estimate of drug-likeness (QED) is 0.879. The molecule has 7 heteroatoms. The molecular weight excluding hydrogens is 328 g/mol. The fraction of sp³-hybridized carbons (Fsp3) is 0. The first-order valence-electron chi connectivity index (χ1n) is 4.67. The SMILES string of the molecule is Nc1cc(-c2c(F)cc(Br)cc2F)sc1C(=O)O. The van der Waals surface area contributed by atoms with Crippen molar-refractivity contribution in [2.45, 2.75) is 0 Å². The van der Waals surface area contributed by atoms with E-state index in [9.17, 15) is 13.6 Å². The third-order valence-corrected chi connectivity index (χ3v) is 3.82. The Kier molecular flexibility index (Phi) is 3.36. The molecule has 3 N–H and O–H groups in total. The highest BCUT2D eigenvalue weighted by atomic mass is 79.9. The molecule has 18 heavy (non-hydrogen) atoms. The number of benzene rings is 1. The minimum atomic E-state index is -1.22. The molecule has 0 amide bonds. The molecule has 0 atom stereocenters. The summed E-state index contributed by atoms with van der Waals surface area (Å²) in [4.78, 5) is 10.8. The van der Waals surface area contributed by atoms with Crippen LogP contribution in [0.25, 0.3) is 10.4 Å². The van der Waals surface area contributed by atoms with E-state index in [1.165, 1.54) is 6.07 Å². The van der Waals surface area contributed by atoms with E-state index in [1.807, 2.05) is 0 Å². The second-order valence-electron chi connectivity index (χ2n) is 3.44. The zero-order valence-corrected chi connectivity index (χ0v) is 11.1. The monoisotopic (exact) mass is 333 g/mol. The molecular formula is C11H6BrF2NO2S. The van der Waals surface area contributed by atoms with Crippen molar-refractivity contribution in [3.05, 3.63) is 39.2 Å². The minimum Gasteiger partial charge on any atom is -0.477 e. The van der Waals surface area contributed by atoms with Crippen molar-refractivity contribution >= 4 is 38.9 Å². The number of hydrogen-bond acceptors (Lipinski definition) is 3. The molecule has 2 rings (SSSR count). The second-order valence-corrected chi connectivity index (χ2v) is 5.41. The van der Waals surface area contributed by atoms with Crippen LogP contribution < -0.4 is 5.73 Å². The first-order valence-corrected chi connectivity index (χ1v) is 6.28. The van der Waals surface area contributed by atoms with Gasteiger partial charge in [0.1, 0.15) is 16.5 Å². The van der Waals surface area contributed by atoms with Gasteiger partial charge in [-0.25, -0.2) is 13.6 Å². The van der Waals surface area contributed by atoms with E-state index in [4.69, 9.17) is 10.8 Å². The molecule has 1 aromatic heterocycles. The van der Waals surface area contributed by atoms with Gasteiger partial charge in [0, 0.05) is 9.35 Å². The van der Waals surface area contributed by atoms with Gasteiger partial charge in [-0.2, -0.15) is 0 Å². The number of aromatic carboxylic acids is 1. The maximum absolute atomic E-state index is 13.7. The van der Waals surface area contributed by atoms with Gasteiger partial charge >= 0.3 is 5.97 Å². The number of halogens is 3. The normalized spacial score (nSPS) is 10.6. The molecule has 3 nitrogen and oxygen atoms in total. The number of hydrogen-bond donors (Lipinski definition) is 2. The summed E-state index contributed by atoms with van der Waals surface area (Å²) in [6, 6.07) is 3.47. The van der Waals surface area contributed by atoms with E-state index < -0.39 is 17.6 Å². The molecule has 0 saturated heterocycles. The number of nitrogen functional groups attached to an aromatic ring is 1. The highest BCUT2D eigenvalue weighted by Gasteiger charge is 2.19. The van der Waals surface area contributed by atoms with Crippen molar-refractivity contribution in [3.8, 4) is 10.4 Å². The number of carboxylic acids is 1. The lowest BCUT2D eigenvalue weighted by Crippen LogP contribution is -1.96. The van der Waals surface area contributed by atoms with Gasteiger partial charge in [-0.1, -0.05) is 15.9 Å². The van der Waals surface area contributed by atoms with E-state index in [2.05, 4.69) is 15.9 Å². The van der Waals surface area contributed by atoms with E-state index in [1.54, 1.807) is 0 Å². The van der Waals surface area contributed by atoms with Crippen LogP contribution in [0.4, 0.5) is 14.5 Å². The largest absolute Gasteiger partial charge is 0.477 e. The highest BCUT2D eigenvalue weighted by molar-refractivity contribution is 9.10.